The minimum absolute atomic E-state index is 0.895. The molecular formula is C15H30. The van der Waals surface area contributed by atoms with E-state index < -0.39 is 0 Å². The minimum Gasteiger partial charge on any atom is -0.0628 e. The molecule has 1 fully saturated rings. The molecule has 0 N–H and O–H groups in total. The van der Waals surface area contributed by atoms with Crippen molar-refractivity contribution in [3.8, 4) is 0 Å². The van der Waals surface area contributed by atoms with Crippen molar-refractivity contribution < 1.29 is 0 Å². The quantitative estimate of drug-likeness (QED) is 0.549. The van der Waals surface area contributed by atoms with E-state index in [1.165, 1.54) is 57.8 Å². The van der Waals surface area contributed by atoms with Gasteiger partial charge in [0.2, 0.25) is 0 Å². The third-order valence-corrected chi connectivity index (χ3v) is 3.94. The van der Waals surface area contributed by atoms with E-state index in [9.17, 15) is 0 Å². The van der Waals surface area contributed by atoms with Crippen LogP contribution in [-0.4, -0.2) is 0 Å². The van der Waals surface area contributed by atoms with E-state index in [1.54, 1.807) is 0 Å². The second kappa shape index (κ2) is 7.30. The lowest BCUT2D eigenvalue weighted by Crippen LogP contribution is -2.10. The van der Waals surface area contributed by atoms with Gasteiger partial charge >= 0.3 is 0 Å². The number of hydrogen-bond acceptors (Lipinski definition) is 0. The van der Waals surface area contributed by atoms with Crippen molar-refractivity contribution in [1.29, 1.82) is 0 Å². The van der Waals surface area contributed by atoms with Gasteiger partial charge in [-0.25, -0.2) is 0 Å². The number of hydrogen-bond donors (Lipinski definition) is 0. The first-order chi connectivity index (χ1) is 7.18. The molecule has 0 aliphatic heterocycles. The molecule has 0 aromatic rings. The highest BCUT2D eigenvalue weighted by Gasteiger charge is 2.16. The predicted octanol–water partition coefficient (Wildman–Crippen LogP) is 5.42. The highest BCUT2D eigenvalue weighted by Crippen LogP contribution is 2.30. The Balaban J connectivity index is 2.03. The second-order valence-corrected chi connectivity index (χ2v) is 6.17. The molecule has 0 bridgehead atoms. The fraction of sp³-hybridized carbons (Fsp3) is 1.00. The lowest BCUT2D eigenvalue weighted by Gasteiger charge is -2.24. The van der Waals surface area contributed by atoms with Gasteiger partial charge in [0, 0.05) is 0 Å². The molecule has 0 heteroatoms. The summed E-state index contributed by atoms with van der Waals surface area (Å²) < 4.78 is 0. The molecule has 1 rings (SSSR count). The van der Waals surface area contributed by atoms with Crippen LogP contribution in [0.15, 0.2) is 0 Å². The van der Waals surface area contributed by atoms with Crippen LogP contribution in [0.1, 0.15) is 78.6 Å². The van der Waals surface area contributed by atoms with E-state index in [-0.39, 0.29) is 0 Å². The first-order valence-corrected chi connectivity index (χ1v) is 7.18. The lowest BCUT2D eigenvalue weighted by molar-refractivity contribution is 0.284. The summed E-state index contributed by atoms with van der Waals surface area (Å²) in [4.78, 5) is 0. The Labute approximate surface area is 96.8 Å². The highest BCUT2D eigenvalue weighted by molar-refractivity contribution is 4.68. The molecule has 1 aliphatic carbocycles. The molecule has 0 nitrogen and oxygen atoms in total. The fourth-order valence-corrected chi connectivity index (χ4v) is 2.98. The van der Waals surface area contributed by atoms with Crippen LogP contribution in [0.4, 0.5) is 0 Å². The van der Waals surface area contributed by atoms with Gasteiger partial charge in [-0.3, -0.25) is 0 Å². The van der Waals surface area contributed by atoms with Gasteiger partial charge < -0.3 is 0 Å². The molecule has 0 spiro atoms. The van der Waals surface area contributed by atoms with Crippen molar-refractivity contribution in [2.24, 2.45) is 17.8 Å². The maximum atomic E-state index is 2.47. The van der Waals surface area contributed by atoms with Gasteiger partial charge in [0.25, 0.3) is 0 Å². The van der Waals surface area contributed by atoms with Gasteiger partial charge in [0.1, 0.15) is 0 Å². The summed E-state index contributed by atoms with van der Waals surface area (Å²) >= 11 is 0. The van der Waals surface area contributed by atoms with Gasteiger partial charge in [-0.05, 0) is 24.2 Å². The Morgan fingerprint density at radius 1 is 0.933 bits per heavy atom. The first-order valence-electron chi connectivity index (χ1n) is 7.18. The van der Waals surface area contributed by atoms with Gasteiger partial charge in [0.15, 0.2) is 0 Å². The predicted molar refractivity (Wildman–Crippen MR) is 69.0 cm³/mol. The van der Waals surface area contributed by atoms with E-state index in [4.69, 9.17) is 0 Å². The maximum absolute atomic E-state index is 2.47. The van der Waals surface area contributed by atoms with Gasteiger partial charge in [-0.2, -0.15) is 0 Å². The van der Waals surface area contributed by atoms with Crippen molar-refractivity contribution in [2.45, 2.75) is 78.6 Å². The molecule has 90 valence electrons. The number of rotatable bonds is 6. The normalized spacial score (nSPS) is 20.8. The molecule has 1 atom stereocenters. The van der Waals surface area contributed by atoms with Crippen molar-refractivity contribution in [2.75, 3.05) is 0 Å². The van der Waals surface area contributed by atoms with Crippen LogP contribution < -0.4 is 0 Å². The summed E-state index contributed by atoms with van der Waals surface area (Å²) in [5.41, 5.74) is 0. The van der Waals surface area contributed by atoms with Crippen LogP contribution in [0.5, 0.6) is 0 Å². The van der Waals surface area contributed by atoms with E-state index in [1.807, 2.05) is 0 Å². The summed E-state index contributed by atoms with van der Waals surface area (Å²) in [7, 11) is 0. The Morgan fingerprint density at radius 2 is 1.60 bits per heavy atom. The van der Waals surface area contributed by atoms with Crippen molar-refractivity contribution in [3.05, 3.63) is 0 Å². The van der Waals surface area contributed by atoms with Crippen molar-refractivity contribution >= 4 is 0 Å². The third kappa shape index (κ3) is 6.22. The van der Waals surface area contributed by atoms with Crippen molar-refractivity contribution in [1.82, 2.24) is 0 Å². The van der Waals surface area contributed by atoms with Crippen LogP contribution in [-0.2, 0) is 0 Å². The molecule has 15 heavy (non-hydrogen) atoms. The molecule has 1 saturated carbocycles. The SMILES string of the molecule is CC(C)CCCC(C)CC1CCCCC1. The van der Waals surface area contributed by atoms with Crippen LogP contribution in [0, 0.1) is 17.8 Å². The summed E-state index contributed by atoms with van der Waals surface area (Å²) in [6, 6.07) is 0. The summed E-state index contributed by atoms with van der Waals surface area (Å²) in [5.74, 6) is 2.95. The standard InChI is InChI=1S/C15H30/c1-13(2)8-7-9-14(3)12-15-10-5-4-6-11-15/h13-15H,4-12H2,1-3H3. The van der Waals surface area contributed by atoms with Crippen LogP contribution in [0.25, 0.3) is 0 Å². The van der Waals surface area contributed by atoms with E-state index in [2.05, 4.69) is 20.8 Å². The summed E-state index contributed by atoms with van der Waals surface area (Å²) in [6.45, 7) is 7.15. The van der Waals surface area contributed by atoms with Gasteiger partial charge in [-0.1, -0.05) is 72.1 Å². The van der Waals surface area contributed by atoms with Gasteiger partial charge in [-0.15, -0.1) is 0 Å². The van der Waals surface area contributed by atoms with Crippen LogP contribution in [0.3, 0.4) is 0 Å². The average Bonchev–Trinajstić information content (AvgIpc) is 2.18. The van der Waals surface area contributed by atoms with E-state index in [0.717, 1.165) is 17.8 Å². The Hall–Kier alpha value is 0. The summed E-state index contributed by atoms with van der Waals surface area (Å²) in [6.07, 6.45) is 13.4. The van der Waals surface area contributed by atoms with E-state index >= 15 is 0 Å². The monoisotopic (exact) mass is 210 g/mol. The fourth-order valence-electron chi connectivity index (χ4n) is 2.98. The zero-order chi connectivity index (χ0) is 11.1. The topological polar surface area (TPSA) is 0 Å². The molecule has 1 aliphatic rings. The lowest BCUT2D eigenvalue weighted by atomic mass is 9.82. The Bertz CT molecular complexity index is 142. The maximum Gasteiger partial charge on any atom is -0.0412 e. The highest BCUT2D eigenvalue weighted by atomic mass is 14.2. The molecule has 0 aromatic carbocycles. The molecule has 0 heterocycles. The van der Waals surface area contributed by atoms with Crippen molar-refractivity contribution in [3.63, 3.8) is 0 Å². The molecule has 0 saturated heterocycles. The minimum atomic E-state index is 0.895. The molecule has 1 unspecified atom stereocenters. The molecular weight excluding hydrogens is 180 g/mol. The Morgan fingerprint density at radius 3 is 2.20 bits per heavy atom. The largest absolute Gasteiger partial charge is 0.0628 e. The first kappa shape index (κ1) is 13.1. The second-order valence-electron chi connectivity index (χ2n) is 6.17. The molecule has 0 radical (unpaired) electrons. The third-order valence-electron chi connectivity index (χ3n) is 3.94. The zero-order valence-electron chi connectivity index (χ0n) is 11.1. The zero-order valence-corrected chi connectivity index (χ0v) is 11.1. The van der Waals surface area contributed by atoms with Gasteiger partial charge in [0.05, 0.1) is 0 Å². The molecule has 0 aromatic heterocycles. The van der Waals surface area contributed by atoms with Crippen LogP contribution >= 0.6 is 0 Å². The Kier molecular flexibility index (Phi) is 6.36. The van der Waals surface area contributed by atoms with Crippen LogP contribution in [0.2, 0.25) is 0 Å². The smallest absolute Gasteiger partial charge is 0.0412 e. The van der Waals surface area contributed by atoms with E-state index in [0.29, 0.717) is 0 Å². The summed E-state index contributed by atoms with van der Waals surface area (Å²) in [5, 5.41) is 0. The average molecular weight is 210 g/mol. The molecule has 0 amide bonds.